The van der Waals surface area contributed by atoms with Crippen molar-refractivity contribution < 1.29 is 29.3 Å². The first kappa shape index (κ1) is 31.5. The molecule has 0 heterocycles. The number of halogens is 2. The van der Waals surface area contributed by atoms with Crippen molar-refractivity contribution in [3.63, 3.8) is 0 Å². The summed E-state index contributed by atoms with van der Waals surface area (Å²) in [5, 5.41) is 27.7. The number of phenolic OH excluding ortho intramolecular Hbond substituents is 2. The number of hydrogen-bond donors (Lipinski definition) is 4. The van der Waals surface area contributed by atoms with Gasteiger partial charge in [-0.3, -0.25) is 9.59 Å². The fraction of sp³-hybridized carbons (Fsp3) is 0.0667. The second kappa shape index (κ2) is 15.7. The van der Waals surface area contributed by atoms with Crippen LogP contribution >= 0.6 is 23.2 Å². The van der Waals surface area contributed by atoms with Gasteiger partial charge in [0.15, 0.2) is 0 Å². The molecule has 0 bridgehead atoms. The summed E-state index contributed by atoms with van der Waals surface area (Å²) < 4.78 is 10.0. The third-order valence-electron chi connectivity index (χ3n) is 5.42. The molecule has 10 nitrogen and oxygen atoms in total. The highest BCUT2D eigenvalue weighted by Crippen LogP contribution is 2.20. The Morgan fingerprint density at radius 1 is 0.643 bits per heavy atom. The Kier molecular flexibility index (Phi) is 11.7. The van der Waals surface area contributed by atoms with Gasteiger partial charge in [0, 0.05) is 32.3 Å². The van der Waals surface area contributed by atoms with Crippen LogP contribution in [0.15, 0.2) is 95.1 Å². The first-order valence-electron chi connectivity index (χ1n) is 12.1. The van der Waals surface area contributed by atoms with Gasteiger partial charge in [-0.25, -0.2) is 10.9 Å². The quantitative estimate of drug-likeness (QED) is 0.151. The van der Waals surface area contributed by atoms with E-state index in [0.29, 0.717) is 43.8 Å². The van der Waals surface area contributed by atoms with Crippen molar-refractivity contribution in [2.75, 3.05) is 14.2 Å². The number of amides is 2. The van der Waals surface area contributed by atoms with Crippen molar-refractivity contribution in [3.8, 4) is 23.0 Å². The molecule has 0 aliphatic rings. The summed E-state index contributed by atoms with van der Waals surface area (Å²) in [5.41, 5.74) is 6.46. The van der Waals surface area contributed by atoms with E-state index in [1.54, 1.807) is 87.0 Å². The number of rotatable bonds is 8. The highest BCUT2D eigenvalue weighted by atomic mass is 35.5. The van der Waals surface area contributed by atoms with Gasteiger partial charge in [-0.1, -0.05) is 23.2 Å². The number of carbonyl (C=O) groups excluding carboxylic acids is 2. The van der Waals surface area contributed by atoms with Crippen LogP contribution in [-0.4, -0.2) is 48.7 Å². The highest BCUT2D eigenvalue weighted by Gasteiger charge is 2.06. The van der Waals surface area contributed by atoms with Gasteiger partial charge in [-0.15, -0.1) is 0 Å². The third kappa shape index (κ3) is 9.54. The highest BCUT2D eigenvalue weighted by molar-refractivity contribution is 6.31. The molecule has 0 radical (unpaired) electrons. The number of phenols is 2. The van der Waals surface area contributed by atoms with Gasteiger partial charge in [-0.2, -0.15) is 10.2 Å². The number of benzene rings is 4. The van der Waals surface area contributed by atoms with Gasteiger partial charge >= 0.3 is 0 Å². The van der Waals surface area contributed by atoms with Crippen molar-refractivity contribution in [3.05, 3.63) is 117 Å². The Bertz CT molecular complexity index is 1460. The predicted octanol–water partition coefficient (Wildman–Crippen LogP) is 5.64. The van der Waals surface area contributed by atoms with Gasteiger partial charge in [-0.05, 0) is 84.9 Å². The summed E-state index contributed by atoms with van der Waals surface area (Å²) >= 11 is 11.6. The molecule has 42 heavy (non-hydrogen) atoms. The summed E-state index contributed by atoms with van der Waals surface area (Å²) in [6.07, 6.45) is 2.64. The first-order chi connectivity index (χ1) is 20.2. The number of nitrogens with one attached hydrogen (secondary N) is 2. The minimum absolute atomic E-state index is 0.0295. The topological polar surface area (TPSA) is 142 Å². The third-order valence-corrected chi connectivity index (χ3v) is 5.89. The smallest absolute Gasteiger partial charge is 0.271 e. The minimum atomic E-state index is -0.365. The molecular weight excluding hydrogens is 583 g/mol. The first-order valence-corrected chi connectivity index (χ1v) is 12.9. The van der Waals surface area contributed by atoms with Crippen LogP contribution in [0.2, 0.25) is 10.0 Å². The molecule has 216 valence electrons. The normalized spacial score (nSPS) is 10.6. The van der Waals surface area contributed by atoms with Gasteiger partial charge in [0.25, 0.3) is 11.8 Å². The summed E-state index contributed by atoms with van der Waals surface area (Å²) in [7, 11) is 3.10. The average Bonchev–Trinajstić information content (AvgIpc) is 3.01. The molecule has 4 rings (SSSR count). The molecule has 0 spiro atoms. The molecule has 0 atom stereocenters. The van der Waals surface area contributed by atoms with E-state index in [-0.39, 0.29) is 23.3 Å². The Morgan fingerprint density at radius 2 is 1.00 bits per heavy atom. The van der Waals surface area contributed by atoms with Crippen LogP contribution in [0.1, 0.15) is 31.8 Å². The molecule has 4 aromatic rings. The zero-order valence-electron chi connectivity index (χ0n) is 22.4. The van der Waals surface area contributed by atoms with Crippen LogP contribution in [0.25, 0.3) is 0 Å². The minimum Gasteiger partial charge on any atom is -0.507 e. The number of methoxy groups -OCH3 is 2. The van der Waals surface area contributed by atoms with Crippen LogP contribution in [0.3, 0.4) is 0 Å². The van der Waals surface area contributed by atoms with E-state index in [4.69, 9.17) is 32.7 Å². The number of carbonyl (C=O) groups is 2. The summed E-state index contributed by atoms with van der Waals surface area (Å²) in [6, 6.07) is 22.3. The van der Waals surface area contributed by atoms with E-state index >= 15 is 0 Å². The van der Waals surface area contributed by atoms with E-state index in [1.807, 2.05) is 0 Å². The molecule has 0 fully saturated rings. The SMILES string of the molecule is COc1ccc(C(=O)N/N=C/c2cc(Cl)ccc2O)cc1.COc1ccc(C(=O)N/N=C/c2cc(Cl)ccc2O)cc1. The molecule has 0 aliphatic heterocycles. The molecular formula is C30H26Cl2N4O6. The standard InChI is InChI=1S/2C15H13ClN2O3/c2*1-21-13-5-2-10(3-6-13)15(20)18-17-9-11-8-12(16)4-7-14(11)19/h2*2-9,19H,1H3,(H,18,20)/b2*17-9+. The Balaban J connectivity index is 0.000000230. The predicted molar refractivity (Wildman–Crippen MR) is 162 cm³/mol. The van der Waals surface area contributed by atoms with E-state index in [0.717, 1.165) is 0 Å². The fourth-order valence-corrected chi connectivity index (χ4v) is 3.55. The zero-order valence-corrected chi connectivity index (χ0v) is 23.9. The second-order valence-corrected chi connectivity index (χ2v) is 9.13. The number of nitrogens with zero attached hydrogens (tertiary/aromatic N) is 2. The van der Waals surface area contributed by atoms with Crippen LogP contribution in [-0.2, 0) is 0 Å². The molecule has 4 aromatic carbocycles. The number of ether oxygens (including phenoxy) is 2. The Hall–Kier alpha value is -5.06. The lowest BCUT2D eigenvalue weighted by Gasteiger charge is -2.02. The lowest BCUT2D eigenvalue weighted by Crippen LogP contribution is -2.17. The lowest BCUT2D eigenvalue weighted by molar-refractivity contribution is 0.0947. The van der Waals surface area contributed by atoms with Crippen molar-refractivity contribution >= 4 is 47.4 Å². The Labute approximate surface area is 251 Å². The van der Waals surface area contributed by atoms with E-state index < -0.39 is 0 Å². The maximum atomic E-state index is 11.8. The van der Waals surface area contributed by atoms with Crippen LogP contribution in [0.5, 0.6) is 23.0 Å². The van der Waals surface area contributed by atoms with E-state index in [2.05, 4.69) is 21.1 Å². The van der Waals surface area contributed by atoms with Gasteiger partial charge in [0.05, 0.1) is 26.6 Å². The number of hydrazone groups is 2. The van der Waals surface area contributed by atoms with Crippen molar-refractivity contribution in [1.82, 2.24) is 10.9 Å². The summed E-state index contributed by atoms with van der Waals surface area (Å²) in [4.78, 5) is 23.7. The maximum Gasteiger partial charge on any atom is 0.271 e. The molecule has 0 aliphatic carbocycles. The molecule has 4 N–H and O–H groups in total. The molecule has 0 saturated carbocycles. The van der Waals surface area contributed by atoms with E-state index in [1.165, 1.54) is 24.6 Å². The zero-order chi connectivity index (χ0) is 30.5. The Morgan fingerprint density at radius 3 is 1.33 bits per heavy atom. The van der Waals surface area contributed by atoms with Gasteiger partial charge in [0.2, 0.25) is 0 Å². The van der Waals surface area contributed by atoms with Crippen molar-refractivity contribution in [1.29, 1.82) is 0 Å². The molecule has 12 heteroatoms. The average molecular weight is 609 g/mol. The maximum absolute atomic E-state index is 11.8. The summed E-state index contributed by atoms with van der Waals surface area (Å²) in [5.74, 6) is 0.660. The van der Waals surface area contributed by atoms with Gasteiger partial charge < -0.3 is 19.7 Å². The van der Waals surface area contributed by atoms with Crippen LogP contribution in [0.4, 0.5) is 0 Å². The van der Waals surface area contributed by atoms with Gasteiger partial charge in [0.1, 0.15) is 23.0 Å². The number of hydrogen-bond acceptors (Lipinski definition) is 8. The molecule has 0 aromatic heterocycles. The lowest BCUT2D eigenvalue weighted by atomic mass is 10.2. The largest absolute Gasteiger partial charge is 0.507 e. The van der Waals surface area contributed by atoms with E-state index in [9.17, 15) is 19.8 Å². The van der Waals surface area contributed by atoms with Crippen molar-refractivity contribution in [2.24, 2.45) is 10.2 Å². The summed E-state index contributed by atoms with van der Waals surface area (Å²) in [6.45, 7) is 0. The number of aromatic hydroxyl groups is 2. The second-order valence-electron chi connectivity index (χ2n) is 8.26. The molecule has 0 unspecified atom stereocenters. The van der Waals surface area contributed by atoms with Crippen LogP contribution < -0.4 is 20.3 Å². The van der Waals surface area contributed by atoms with Crippen LogP contribution in [0, 0.1) is 0 Å². The monoisotopic (exact) mass is 608 g/mol. The molecule has 2 amide bonds. The van der Waals surface area contributed by atoms with Crippen molar-refractivity contribution in [2.45, 2.75) is 0 Å². The molecule has 0 saturated heterocycles. The fourth-order valence-electron chi connectivity index (χ4n) is 3.19.